The van der Waals surface area contributed by atoms with E-state index in [-0.39, 0.29) is 12.1 Å². The molecular formula is C13H21N3O4. The average molecular weight is 283 g/mol. The van der Waals surface area contributed by atoms with Gasteiger partial charge in [0, 0.05) is 31.7 Å². The lowest BCUT2D eigenvalue weighted by atomic mass is 10.2. The van der Waals surface area contributed by atoms with Gasteiger partial charge in [-0.15, -0.1) is 0 Å². The molecule has 1 N–H and O–H groups in total. The first-order valence-corrected chi connectivity index (χ1v) is 7.29. The number of oxime groups is 1. The Hall–Kier alpha value is -1.50. The molecule has 0 aromatic rings. The van der Waals surface area contributed by atoms with Crippen LogP contribution in [0.4, 0.5) is 4.79 Å². The molecule has 20 heavy (non-hydrogen) atoms. The summed E-state index contributed by atoms with van der Waals surface area (Å²) in [5.41, 5.74) is 0. The molecule has 0 aliphatic carbocycles. The van der Waals surface area contributed by atoms with Gasteiger partial charge in [-0.25, -0.2) is 4.79 Å². The van der Waals surface area contributed by atoms with Gasteiger partial charge < -0.3 is 14.7 Å². The van der Waals surface area contributed by atoms with Crippen LogP contribution < -0.4 is 0 Å². The van der Waals surface area contributed by atoms with Gasteiger partial charge >= 0.3 is 6.09 Å². The first-order valence-electron chi connectivity index (χ1n) is 7.29. The van der Waals surface area contributed by atoms with Crippen molar-refractivity contribution in [3.63, 3.8) is 0 Å². The number of piperazine rings is 1. The number of carboxylic acid groups (broad SMARTS) is 1. The number of hydrogen-bond donors (Lipinski definition) is 1. The second-order valence-electron chi connectivity index (χ2n) is 5.60. The van der Waals surface area contributed by atoms with Gasteiger partial charge in [0.15, 0.2) is 0 Å². The Morgan fingerprint density at radius 3 is 2.75 bits per heavy atom. The molecular weight excluding hydrogens is 262 g/mol. The van der Waals surface area contributed by atoms with Crippen molar-refractivity contribution in [2.24, 2.45) is 5.16 Å². The molecule has 0 saturated carbocycles. The lowest BCUT2D eigenvalue weighted by Crippen LogP contribution is -2.55. The third-order valence-electron chi connectivity index (χ3n) is 4.24. The van der Waals surface area contributed by atoms with E-state index in [0.717, 1.165) is 45.3 Å². The third kappa shape index (κ3) is 2.82. The zero-order valence-corrected chi connectivity index (χ0v) is 11.5. The third-order valence-corrected chi connectivity index (χ3v) is 4.24. The summed E-state index contributed by atoms with van der Waals surface area (Å²) in [6, 6.07) is 0.361. The molecule has 3 heterocycles. The van der Waals surface area contributed by atoms with Crippen LogP contribution in [0.25, 0.3) is 0 Å². The highest BCUT2D eigenvalue weighted by Crippen LogP contribution is 2.30. The van der Waals surface area contributed by atoms with Gasteiger partial charge in [-0.05, 0) is 19.3 Å². The largest absolute Gasteiger partial charge is 0.479 e. The fourth-order valence-corrected chi connectivity index (χ4v) is 3.36. The van der Waals surface area contributed by atoms with Crippen LogP contribution in [-0.4, -0.2) is 71.8 Å². The summed E-state index contributed by atoms with van der Waals surface area (Å²) in [7, 11) is 0. The minimum Gasteiger partial charge on any atom is -0.479 e. The molecule has 2 atom stereocenters. The molecule has 112 valence electrons. The molecule has 0 spiro atoms. The van der Waals surface area contributed by atoms with E-state index in [0.29, 0.717) is 19.1 Å². The molecule has 0 aromatic heterocycles. The molecule has 3 rings (SSSR count). The predicted octanol–water partition coefficient (Wildman–Crippen LogP) is 0.954. The van der Waals surface area contributed by atoms with E-state index < -0.39 is 6.09 Å². The van der Waals surface area contributed by atoms with Crippen LogP contribution >= 0.6 is 0 Å². The van der Waals surface area contributed by atoms with Crippen molar-refractivity contribution in [3.05, 3.63) is 0 Å². The predicted molar refractivity (Wildman–Crippen MR) is 71.7 cm³/mol. The van der Waals surface area contributed by atoms with E-state index in [1.807, 2.05) is 0 Å². The van der Waals surface area contributed by atoms with Crippen LogP contribution in [0.5, 0.6) is 0 Å². The lowest BCUT2D eigenvalue weighted by molar-refractivity contribution is 0.0598. The summed E-state index contributed by atoms with van der Waals surface area (Å²) in [4.78, 5) is 20.1. The number of fused-ring (bicyclic) bond motifs is 2. The lowest BCUT2D eigenvalue weighted by Gasteiger charge is -2.39. The highest BCUT2D eigenvalue weighted by Gasteiger charge is 2.42. The number of amides is 1. The summed E-state index contributed by atoms with van der Waals surface area (Å²) < 4.78 is 5.52. The van der Waals surface area contributed by atoms with Gasteiger partial charge in [-0.3, -0.25) is 9.80 Å². The standard InChI is InChI=1S/C13H21N3O4/c17-13(18)16-10-2-3-11(16)9-15(8-10)5-1-6-19-12-4-7-20-14-12/h10-11H,1-9H2,(H,17,18)/t10-,11+. The van der Waals surface area contributed by atoms with Gasteiger partial charge in [0.05, 0.1) is 13.0 Å². The number of ether oxygens (including phenoxy) is 1. The second kappa shape index (κ2) is 5.87. The van der Waals surface area contributed by atoms with Crippen molar-refractivity contribution < 1.29 is 19.5 Å². The quantitative estimate of drug-likeness (QED) is 0.778. The molecule has 2 saturated heterocycles. The molecule has 7 nitrogen and oxygen atoms in total. The summed E-state index contributed by atoms with van der Waals surface area (Å²) in [5.74, 6) is 0.695. The zero-order chi connectivity index (χ0) is 13.9. The monoisotopic (exact) mass is 283 g/mol. The molecule has 0 unspecified atom stereocenters. The van der Waals surface area contributed by atoms with Gasteiger partial charge in [0.25, 0.3) is 0 Å². The minimum atomic E-state index is -0.764. The number of likely N-dealkylation sites (tertiary alicyclic amines) is 1. The first kappa shape index (κ1) is 13.5. The van der Waals surface area contributed by atoms with Crippen LogP contribution in [0.2, 0.25) is 0 Å². The maximum absolute atomic E-state index is 11.2. The molecule has 3 aliphatic heterocycles. The summed E-state index contributed by atoms with van der Waals surface area (Å²) in [6.45, 7) is 3.93. The van der Waals surface area contributed by atoms with Gasteiger partial charge in [-0.1, -0.05) is 5.16 Å². The molecule has 3 aliphatic rings. The van der Waals surface area contributed by atoms with E-state index in [9.17, 15) is 9.90 Å². The van der Waals surface area contributed by atoms with Crippen LogP contribution in [0.3, 0.4) is 0 Å². The Balaban J connectivity index is 1.39. The average Bonchev–Trinajstić information content (AvgIpc) is 3.02. The van der Waals surface area contributed by atoms with Crippen LogP contribution in [0.15, 0.2) is 5.16 Å². The van der Waals surface area contributed by atoms with Gasteiger partial charge in [0.1, 0.15) is 6.61 Å². The molecule has 1 amide bonds. The Bertz CT molecular complexity index is 387. The van der Waals surface area contributed by atoms with E-state index in [1.54, 1.807) is 4.90 Å². The van der Waals surface area contributed by atoms with Crippen molar-refractivity contribution in [1.82, 2.24) is 9.80 Å². The topological polar surface area (TPSA) is 74.6 Å². The van der Waals surface area contributed by atoms with Crippen LogP contribution in [0, 0.1) is 0 Å². The number of carbonyl (C=O) groups is 1. The Labute approximate surface area is 118 Å². The van der Waals surface area contributed by atoms with Crippen molar-refractivity contribution >= 4 is 12.0 Å². The smallest absolute Gasteiger partial charge is 0.407 e. The van der Waals surface area contributed by atoms with Crippen molar-refractivity contribution in [1.29, 1.82) is 0 Å². The Kier molecular flexibility index (Phi) is 3.95. The molecule has 2 fully saturated rings. The highest BCUT2D eigenvalue weighted by atomic mass is 16.7. The van der Waals surface area contributed by atoms with Crippen molar-refractivity contribution in [2.75, 3.05) is 32.8 Å². The molecule has 2 bridgehead atoms. The maximum atomic E-state index is 11.2. The highest BCUT2D eigenvalue weighted by molar-refractivity contribution is 5.76. The maximum Gasteiger partial charge on any atom is 0.407 e. The fraction of sp³-hybridized carbons (Fsp3) is 0.846. The SMILES string of the molecule is O=C(O)N1[C@@H]2CC[C@H]1CN(CCCOC1=NOCC1)C2. The molecule has 0 radical (unpaired) electrons. The number of nitrogens with zero attached hydrogens (tertiary/aromatic N) is 3. The van der Waals surface area contributed by atoms with Gasteiger partial charge in [0.2, 0.25) is 5.90 Å². The van der Waals surface area contributed by atoms with Gasteiger partial charge in [-0.2, -0.15) is 0 Å². The molecule has 0 aromatic carbocycles. The zero-order valence-electron chi connectivity index (χ0n) is 11.5. The van der Waals surface area contributed by atoms with E-state index >= 15 is 0 Å². The van der Waals surface area contributed by atoms with Crippen molar-refractivity contribution in [2.45, 2.75) is 37.8 Å². The van der Waals surface area contributed by atoms with E-state index in [2.05, 4.69) is 10.1 Å². The Morgan fingerprint density at radius 1 is 1.40 bits per heavy atom. The van der Waals surface area contributed by atoms with Crippen molar-refractivity contribution in [3.8, 4) is 0 Å². The first-order chi connectivity index (χ1) is 9.74. The summed E-state index contributed by atoms with van der Waals surface area (Å²) >= 11 is 0. The Morgan fingerprint density at radius 2 is 2.15 bits per heavy atom. The number of hydrogen-bond acceptors (Lipinski definition) is 5. The summed E-state index contributed by atoms with van der Waals surface area (Å²) in [6.07, 6.45) is 2.93. The normalized spacial score (nSPS) is 29.2. The second-order valence-corrected chi connectivity index (χ2v) is 5.60. The number of rotatable bonds is 4. The van der Waals surface area contributed by atoms with Crippen LogP contribution in [-0.2, 0) is 9.57 Å². The fourth-order valence-electron chi connectivity index (χ4n) is 3.36. The minimum absolute atomic E-state index is 0.180. The van der Waals surface area contributed by atoms with Crippen LogP contribution in [0.1, 0.15) is 25.7 Å². The summed E-state index contributed by atoms with van der Waals surface area (Å²) in [5, 5.41) is 13.0. The van der Waals surface area contributed by atoms with E-state index in [4.69, 9.17) is 9.57 Å². The van der Waals surface area contributed by atoms with E-state index in [1.165, 1.54) is 0 Å². The molecule has 7 heteroatoms.